The fourth-order valence-corrected chi connectivity index (χ4v) is 3.27. The van der Waals surface area contributed by atoms with Crippen molar-refractivity contribution >= 4 is 21.9 Å². The summed E-state index contributed by atoms with van der Waals surface area (Å²) in [6.45, 7) is 2.03. The summed E-state index contributed by atoms with van der Waals surface area (Å²) in [5, 5.41) is 19.9. The van der Waals surface area contributed by atoms with E-state index in [1.807, 2.05) is 31.3 Å². The van der Waals surface area contributed by atoms with Gasteiger partial charge in [-0.2, -0.15) is 5.26 Å². The van der Waals surface area contributed by atoms with E-state index in [-0.39, 0.29) is 6.61 Å². The van der Waals surface area contributed by atoms with Gasteiger partial charge < -0.3 is 15.1 Å². The first-order valence-corrected chi connectivity index (χ1v) is 7.77. The van der Waals surface area contributed by atoms with Gasteiger partial charge in [-0.15, -0.1) is 0 Å². The lowest BCUT2D eigenvalue weighted by atomic mass is 9.97. The van der Waals surface area contributed by atoms with E-state index in [1.54, 1.807) is 12.1 Å². The Kier molecular flexibility index (Phi) is 3.33. The smallest absolute Gasteiger partial charge is 0.111 e. The summed E-state index contributed by atoms with van der Waals surface area (Å²) >= 11 is 0. The molecule has 0 atom stereocenters. The highest BCUT2D eigenvalue weighted by Gasteiger charge is 2.13. The SMILES string of the molecule is Cc1cc(CO)c(Cc2nc3cc(C#N)ccc3[nH]2)c2cc[nH]c12. The summed E-state index contributed by atoms with van der Waals surface area (Å²) in [7, 11) is 0. The highest BCUT2D eigenvalue weighted by Crippen LogP contribution is 2.27. The topological polar surface area (TPSA) is 88.5 Å². The van der Waals surface area contributed by atoms with Gasteiger partial charge in [0.2, 0.25) is 0 Å². The molecule has 4 aromatic rings. The number of aromatic amines is 2. The van der Waals surface area contributed by atoms with Gasteiger partial charge in [-0.1, -0.05) is 6.07 Å². The Hall–Kier alpha value is -3.10. The molecule has 0 saturated carbocycles. The van der Waals surface area contributed by atoms with E-state index in [2.05, 4.69) is 21.0 Å². The van der Waals surface area contributed by atoms with Crippen molar-refractivity contribution in [3.05, 3.63) is 64.6 Å². The summed E-state index contributed by atoms with van der Waals surface area (Å²) in [5.41, 5.74) is 6.48. The van der Waals surface area contributed by atoms with Crippen LogP contribution >= 0.6 is 0 Å². The van der Waals surface area contributed by atoms with E-state index in [1.165, 1.54) is 0 Å². The van der Waals surface area contributed by atoms with Crippen LogP contribution in [0, 0.1) is 18.3 Å². The Morgan fingerprint density at radius 2 is 2.12 bits per heavy atom. The zero-order valence-electron chi connectivity index (χ0n) is 13.2. The summed E-state index contributed by atoms with van der Waals surface area (Å²) in [4.78, 5) is 11.2. The Bertz CT molecular complexity index is 1100. The van der Waals surface area contributed by atoms with Crippen LogP contribution in [0.25, 0.3) is 21.9 Å². The van der Waals surface area contributed by atoms with Crippen molar-refractivity contribution in [3.8, 4) is 6.07 Å². The molecule has 0 amide bonds. The van der Waals surface area contributed by atoms with Crippen LogP contribution in [-0.4, -0.2) is 20.1 Å². The molecule has 0 radical (unpaired) electrons. The van der Waals surface area contributed by atoms with Gasteiger partial charge in [-0.3, -0.25) is 0 Å². The molecule has 5 nitrogen and oxygen atoms in total. The van der Waals surface area contributed by atoms with Crippen LogP contribution in [0.5, 0.6) is 0 Å². The summed E-state index contributed by atoms with van der Waals surface area (Å²) in [5.74, 6) is 0.821. The number of aryl methyl sites for hydroxylation is 1. The molecule has 118 valence electrons. The number of nitrogens with one attached hydrogen (secondary N) is 2. The van der Waals surface area contributed by atoms with Crippen molar-refractivity contribution in [2.75, 3.05) is 0 Å². The number of aliphatic hydroxyl groups excluding tert-OH is 1. The maximum absolute atomic E-state index is 9.75. The molecule has 0 aliphatic rings. The van der Waals surface area contributed by atoms with E-state index in [9.17, 15) is 5.11 Å². The number of fused-ring (bicyclic) bond motifs is 2. The van der Waals surface area contributed by atoms with Gasteiger partial charge in [-0.05, 0) is 47.9 Å². The number of hydrogen-bond donors (Lipinski definition) is 3. The third-order valence-corrected chi connectivity index (χ3v) is 4.42. The van der Waals surface area contributed by atoms with Crippen molar-refractivity contribution in [1.82, 2.24) is 15.0 Å². The van der Waals surface area contributed by atoms with Crippen molar-refractivity contribution in [2.24, 2.45) is 0 Å². The molecular weight excluding hydrogens is 300 g/mol. The minimum atomic E-state index is -0.00387. The Labute approximate surface area is 138 Å². The molecule has 0 bridgehead atoms. The fourth-order valence-electron chi connectivity index (χ4n) is 3.27. The second-order valence-electron chi connectivity index (χ2n) is 5.96. The van der Waals surface area contributed by atoms with Crippen molar-refractivity contribution in [2.45, 2.75) is 20.0 Å². The third-order valence-electron chi connectivity index (χ3n) is 4.42. The first-order chi connectivity index (χ1) is 11.7. The van der Waals surface area contributed by atoms with Crippen LogP contribution in [-0.2, 0) is 13.0 Å². The molecular formula is C19H16N4O. The predicted octanol–water partition coefficient (Wildman–Crippen LogP) is 3.31. The highest BCUT2D eigenvalue weighted by molar-refractivity contribution is 5.87. The molecule has 0 fully saturated rings. The molecule has 5 heteroatoms. The Balaban J connectivity index is 1.83. The minimum absolute atomic E-state index is 0.00387. The molecule has 0 spiro atoms. The van der Waals surface area contributed by atoms with Gasteiger partial charge in [-0.25, -0.2) is 4.98 Å². The first-order valence-electron chi connectivity index (χ1n) is 7.77. The van der Waals surface area contributed by atoms with Gasteiger partial charge in [0.05, 0.1) is 29.3 Å². The molecule has 2 heterocycles. The number of benzene rings is 2. The van der Waals surface area contributed by atoms with Crippen molar-refractivity contribution < 1.29 is 5.11 Å². The first kappa shape index (κ1) is 14.5. The number of hydrogen-bond acceptors (Lipinski definition) is 3. The minimum Gasteiger partial charge on any atom is -0.392 e. The largest absolute Gasteiger partial charge is 0.392 e. The van der Waals surface area contributed by atoms with Crippen LogP contribution in [0.4, 0.5) is 0 Å². The van der Waals surface area contributed by atoms with Crippen LogP contribution in [0.2, 0.25) is 0 Å². The maximum atomic E-state index is 9.75. The fraction of sp³-hybridized carbons (Fsp3) is 0.158. The lowest BCUT2D eigenvalue weighted by Gasteiger charge is -2.10. The summed E-state index contributed by atoms with van der Waals surface area (Å²) in [6, 6.07) is 11.6. The number of imidazole rings is 1. The molecule has 24 heavy (non-hydrogen) atoms. The van der Waals surface area contributed by atoms with Gasteiger partial charge in [0.25, 0.3) is 0 Å². The Morgan fingerprint density at radius 1 is 1.25 bits per heavy atom. The zero-order valence-corrected chi connectivity index (χ0v) is 13.2. The van der Waals surface area contributed by atoms with Gasteiger partial charge in [0, 0.05) is 23.5 Å². The average molecular weight is 316 g/mol. The van der Waals surface area contributed by atoms with E-state index in [4.69, 9.17) is 5.26 Å². The number of aliphatic hydroxyl groups is 1. The van der Waals surface area contributed by atoms with Crippen LogP contribution < -0.4 is 0 Å². The van der Waals surface area contributed by atoms with Crippen molar-refractivity contribution in [3.63, 3.8) is 0 Å². The lowest BCUT2D eigenvalue weighted by Crippen LogP contribution is -1.99. The van der Waals surface area contributed by atoms with Crippen LogP contribution in [0.3, 0.4) is 0 Å². The number of rotatable bonds is 3. The molecule has 0 unspecified atom stereocenters. The number of H-pyrrole nitrogens is 2. The molecule has 3 N–H and O–H groups in total. The number of aromatic nitrogens is 3. The molecule has 0 saturated heterocycles. The standard InChI is InChI=1S/C19H16N4O/c1-11-6-13(10-24)15(14-4-5-21-19(11)14)8-18-22-16-3-2-12(9-20)7-17(16)23-18/h2-7,21,24H,8,10H2,1H3,(H,22,23). The summed E-state index contributed by atoms with van der Waals surface area (Å²) in [6.07, 6.45) is 2.52. The van der Waals surface area contributed by atoms with E-state index in [0.717, 1.165) is 44.5 Å². The highest BCUT2D eigenvalue weighted by atomic mass is 16.3. The molecule has 2 aromatic heterocycles. The zero-order chi connectivity index (χ0) is 16.7. The van der Waals surface area contributed by atoms with E-state index >= 15 is 0 Å². The normalized spacial score (nSPS) is 11.2. The van der Waals surface area contributed by atoms with E-state index in [0.29, 0.717) is 12.0 Å². The molecule has 4 rings (SSSR count). The monoisotopic (exact) mass is 316 g/mol. The average Bonchev–Trinajstić information content (AvgIpc) is 3.22. The van der Waals surface area contributed by atoms with E-state index < -0.39 is 0 Å². The summed E-state index contributed by atoms with van der Waals surface area (Å²) < 4.78 is 0. The van der Waals surface area contributed by atoms with Gasteiger partial charge in [0.15, 0.2) is 0 Å². The van der Waals surface area contributed by atoms with Crippen LogP contribution in [0.1, 0.15) is 28.1 Å². The number of nitriles is 1. The third kappa shape index (κ3) is 2.25. The second kappa shape index (κ2) is 5.52. The Morgan fingerprint density at radius 3 is 2.92 bits per heavy atom. The van der Waals surface area contributed by atoms with Gasteiger partial charge >= 0.3 is 0 Å². The lowest BCUT2D eigenvalue weighted by molar-refractivity contribution is 0.281. The predicted molar refractivity (Wildman–Crippen MR) is 92.6 cm³/mol. The molecule has 0 aliphatic carbocycles. The van der Waals surface area contributed by atoms with Crippen LogP contribution in [0.15, 0.2) is 36.5 Å². The van der Waals surface area contributed by atoms with Crippen molar-refractivity contribution in [1.29, 1.82) is 5.26 Å². The quantitative estimate of drug-likeness (QED) is 0.542. The van der Waals surface area contributed by atoms with Gasteiger partial charge in [0.1, 0.15) is 5.82 Å². The number of nitrogens with zero attached hydrogens (tertiary/aromatic N) is 2. The molecule has 2 aromatic carbocycles. The maximum Gasteiger partial charge on any atom is 0.111 e. The molecule has 0 aliphatic heterocycles. The second-order valence-corrected chi connectivity index (χ2v) is 5.96.